The molecule has 0 fully saturated rings. The zero-order valence-corrected chi connectivity index (χ0v) is 18.6. The highest BCUT2D eigenvalue weighted by Gasteiger charge is 2.14. The smallest absolute Gasteiger partial charge is 0.163 e. The molecule has 0 saturated carbocycles. The van der Waals surface area contributed by atoms with E-state index in [-0.39, 0.29) is 12.4 Å². The molecule has 31 heavy (non-hydrogen) atoms. The number of fused-ring (bicyclic) bond motifs is 1. The molecule has 164 valence electrons. The van der Waals surface area contributed by atoms with Gasteiger partial charge in [0.15, 0.2) is 11.5 Å². The van der Waals surface area contributed by atoms with Crippen LogP contribution < -0.4 is 14.8 Å². The minimum atomic E-state index is 0. The third kappa shape index (κ3) is 6.46. The van der Waals surface area contributed by atoms with Gasteiger partial charge in [0.05, 0.1) is 18.7 Å². The molecule has 1 aromatic heterocycles. The Hall–Kier alpha value is -3.05. The fourth-order valence-corrected chi connectivity index (χ4v) is 2.87. The lowest BCUT2D eigenvalue weighted by atomic mass is 10.1. The van der Waals surface area contributed by atoms with Crippen LogP contribution in [0.3, 0.4) is 0 Å². The summed E-state index contributed by atoms with van der Waals surface area (Å²) in [7, 11) is 3.26. The van der Waals surface area contributed by atoms with Gasteiger partial charge in [0.1, 0.15) is 24.9 Å². The largest absolute Gasteiger partial charge is 0.487 e. The van der Waals surface area contributed by atoms with E-state index in [4.69, 9.17) is 25.4 Å². The fourth-order valence-electron chi connectivity index (χ4n) is 2.87. The molecular formula is C23H26ClN3O4. The molecule has 7 nitrogen and oxygen atoms in total. The summed E-state index contributed by atoms with van der Waals surface area (Å²) in [5, 5.41) is 4.14. The van der Waals surface area contributed by atoms with Gasteiger partial charge in [0.25, 0.3) is 0 Å². The number of rotatable bonds is 10. The molecule has 0 atom stereocenters. The first kappa shape index (κ1) is 24.2. The summed E-state index contributed by atoms with van der Waals surface area (Å²) in [5.74, 6) is 5.11. The number of methoxy groups -OCH3 is 2. The minimum Gasteiger partial charge on any atom is -0.487 e. The second-order valence-corrected chi connectivity index (χ2v) is 6.47. The molecule has 0 aliphatic heterocycles. The Morgan fingerprint density at radius 2 is 1.61 bits per heavy atom. The van der Waals surface area contributed by atoms with E-state index in [1.807, 2.05) is 43.3 Å². The topological polar surface area (TPSA) is 74.7 Å². The zero-order valence-electron chi connectivity index (χ0n) is 17.8. The van der Waals surface area contributed by atoms with Crippen LogP contribution in [0.1, 0.15) is 11.4 Å². The Balaban J connectivity index is 0.00000341. The van der Waals surface area contributed by atoms with Crippen molar-refractivity contribution in [1.82, 2.24) is 9.97 Å². The van der Waals surface area contributed by atoms with Crippen LogP contribution in [0.25, 0.3) is 10.9 Å². The normalized spacial score (nSPS) is 10.3. The van der Waals surface area contributed by atoms with E-state index in [0.29, 0.717) is 49.6 Å². The van der Waals surface area contributed by atoms with Crippen LogP contribution in [0.5, 0.6) is 11.5 Å². The van der Waals surface area contributed by atoms with E-state index in [0.717, 1.165) is 22.2 Å². The molecule has 0 aliphatic rings. The predicted octanol–water partition coefficient (Wildman–Crippen LogP) is 4.14. The minimum absolute atomic E-state index is 0. The van der Waals surface area contributed by atoms with Crippen molar-refractivity contribution in [3.63, 3.8) is 0 Å². The Bertz CT molecular complexity index is 1050. The molecule has 0 aliphatic carbocycles. The molecule has 3 rings (SSSR count). The predicted molar refractivity (Wildman–Crippen MR) is 124 cm³/mol. The van der Waals surface area contributed by atoms with Crippen molar-refractivity contribution in [3.05, 3.63) is 47.8 Å². The van der Waals surface area contributed by atoms with E-state index in [9.17, 15) is 0 Å². The Morgan fingerprint density at radius 1 is 0.935 bits per heavy atom. The summed E-state index contributed by atoms with van der Waals surface area (Å²) in [6.45, 7) is 3.57. The highest BCUT2D eigenvalue weighted by molar-refractivity contribution is 5.93. The van der Waals surface area contributed by atoms with Crippen molar-refractivity contribution in [2.45, 2.75) is 6.92 Å². The van der Waals surface area contributed by atoms with Crippen LogP contribution in [0.2, 0.25) is 0 Å². The van der Waals surface area contributed by atoms with E-state index in [1.54, 1.807) is 14.2 Å². The third-order valence-corrected chi connectivity index (χ3v) is 4.26. The Kier molecular flexibility index (Phi) is 9.35. The lowest BCUT2D eigenvalue weighted by molar-refractivity contribution is 0.132. The van der Waals surface area contributed by atoms with Crippen LogP contribution in [0.4, 0.5) is 11.5 Å². The van der Waals surface area contributed by atoms with Crippen molar-refractivity contribution in [1.29, 1.82) is 0 Å². The molecule has 2 aromatic carbocycles. The quantitative estimate of drug-likeness (QED) is 0.373. The molecule has 8 heteroatoms. The first-order valence-corrected chi connectivity index (χ1v) is 9.54. The van der Waals surface area contributed by atoms with E-state index < -0.39 is 0 Å². The Morgan fingerprint density at radius 3 is 2.26 bits per heavy atom. The van der Waals surface area contributed by atoms with Gasteiger partial charge in [-0.2, -0.15) is 0 Å². The average molecular weight is 444 g/mol. The second-order valence-electron chi connectivity index (χ2n) is 6.47. The lowest BCUT2D eigenvalue weighted by Crippen LogP contribution is -2.09. The molecule has 0 saturated heterocycles. The Labute approximate surface area is 188 Å². The van der Waals surface area contributed by atoms with Crippen molar-refractivity contribution in [3.8, 4) is 23.8 Å². The molecule has 0 amide bonds. The highest BCUT2D eigenvalue weighted by Crippen LogP contribution is 2.35. The van der Waals surface area contributed by atoms with Gasteiger partial charge in [-0.1, -0.05) is 12.0 Å². The van der Waals surface area contributed by atoms with Crippen LogP contribution in [-0.4, -0.2) is 50.6 Å². The molecule has 1 heterocycles. The molecule has 0 radical (unpaired) electrons. The molecule has 3 aromatic rings. The molecule has 0 bridgehead atoms. The van der Waals surface area contributed by atoms with Crippen LogP contribution >= 0.6 is 12.4 Å². The van der Waals surface area contributed by atoms with Crippen LogP contribution in [-0.2, 0) is 9.47 Å². The number of hydrogen-bond acceptors (Lipinski definition) is 7. The van der Waals surface area contributed by atoms with Gasteiger partial charge in [0.2, 0.25) is 0 Å². The van der Waals surface area contributed by atoms with Crippen molar-refractivity contribution >= 4 is 34.8 Å². The van der Waals surface area contributed by atoms with Crippen molar-refractivity contribution in [2.24, 2.45) is 0 Å². The van der Waals surface area contributed by atoms with E-state index in [2.05, 4.69) is 21.2 Å². The van der Waals surface area contributed by atoms with Crippen LogP contribution in [0.15, 0.2) is 36.4 Å². The number of terminal acetylenes is 1. The third-order valence-electron chi connectivity index (χ3n) is 4.26. The number of aryl methyl sites for hydroxylation is 1. The van der Waals surface area contributed by atoms with Crippen molar-refractivity contribution < 1.29 is 18.9 Å². The highest BCUT2D eigenvalue weighted by atomic mass is 35.5. The molecule has 0 spiro atoms. The molecule has 1 N–H and O–H groups in total. The van der Waals surface area contributed by atoms with Crippen LogP contribution in [0, 0.1) is 19.3 Å². The summed E-state index contributed by atoms with van der Waals surface area (Å²) in [6.07, 6.45) is 5.52. The zero-order chi connectivity index (χ0) is 21.3. The number of nitrogens with zero attached hydrogens (tertiary/aromatic N) is 2. The number of nitrogens with one attached hydrogen (secondary N) is 1. The number of benzene rings is 2. The maximum Gasteiger partial charge on any atom is 0.163 e. The monoisotopic (exact) mass is 443 g/mol. The number of anilines is 2. The summed E-state index contributed by atoms with van der Waals surface area (Å²) >= 11 is 0. The SMILES string of the molecule is C#Cc1cccc(Nc2nc(C)nc3cc(OCCOC)c(OCCOC)cc23)c1.Cl. The summed E-state index contributed by atoms with van der Waals surface area (Å²) in [5.41, 5.74) is 2.37. The first-order valence-electron chi connectivity index (χ1n) is 9.54. The number of halogens is 1. The lowest BCUT2D eigenvalue weighted by Gasteiger charge is -2.16. The van der Waals surface area contributed by atoms with Gasteiger partial charge >= 0.3 is 0 Å². The number of aromatic nitrogens is 2. The van der Waals surface area contributed by atoms with Gasteiger partial charge in [-0.05, 0) is 31.2 Å². The van der Waals surface area contributed by atoms with Gasteiger partial charge in [0, 0.05) is 36.9 Å². The van der Waals surface area contributed by atoms with Gasteiger partial charge in [-0.25, -0.2) is 9.97 Å². The van der Waals surface area contributed by atoms with Gasteiger partial charge in [-0.15, -0.1) is 18.8 Å². The maximum absolute atomic E-state index is 5.89. The summed E-state index contributed by atoms with van der Waals surface area (Å²) in [6, 6.07) is 11.3. The molecular weight excluding hydrogens is 418 g/mol. The summed E-state index contributed by atoms with van der Waals surface area (Å²) < 4.78 is 21.9. The molecule has 0 unspecified atom stereocenters. The van der Waals surface area contributed by atoms with E-state index >= 15 is 0 Å². The second kappa shape index (κ2) is 12.0. The van der Waals surface area contributed by atoms with Gasteiger partial charge < -0.3 is 24.3 Å². The van der Waals surface area contributed by atoms with Gasteiger partial charge in [-0.3, -0.25) is 0 Å². The first-order chi connectivity index (χ1) is 14.6. The van der Waals surface area contributed by atoms with Crippen molar-refractivity contribution in [2.75, 3.05) is 46.0 Å². The number of hydrogen-bond donors (Lipinski definition) is 1. The van der Waals surface area contributed by atoms with E-state index in [1.165, 1.54) is 0 Å². The maximum atomic E-state index is 5.89. The standard InChI is InChI=1S/C23H25N3O4.ClH/c1-5-17-7-6-8-18(13-17)26-23-19-14-21(29-11-9-27-3)22(30-12-10-28-4)15-20(19)24-16(2)25-23;/h1,6-8,13-15H,9-12H2,2-4H3,(H,24,25,26);1H. The summed E-state index contributed by atoms with van der Waals surface area (Å²) in [4.78, 5) is 9.14. The average Bonchev–Trinajstić information content (AvgIpc) is 2.74. The fraction of sp³-hybridized carbons (Fsp3) is 0.304. The number of ether oxygens (including phenoxy) is 4.